The lowest BCUT2D eigenvalue weighted by Gasteiger charge is -2.38. The minimum atomic E-state index is -3.45. The number of sulfonamides is 1. The molecular formula is C12H15Br2NO2S. The molecule has 0 aliphatic heterocycles. The predicted molar refractivity (Wildman–Crippen MR) is 79.0 cm³/mol. The average Bonchev–Trinajstić information content (AvgIpc) is 2.27. The fourth-order valence-corrected chi connectivity index (χ4v) is 4.69. The van der Waals surface area contributed by atoms with Gasteiger partial charge >= 0.3 is 0 Å². The highest BCUT2D eigenvalue weighted by Crippen LogP contribution is 2.39. The summed E-state index contributed by atoms with van der Waals surface area (Å²) in [6.07, 6.45) is 3.38. The molecule has 1 N–H and O–H groups in total. The Bertz CT molecular complexity index is 553. The standard InChI is InChI=1S/C12H15Br2NO2S/c1-12(5-2-6-12)8-15-18(16,17)11-7-9(13)3-4-10(11)14/h3-4,7,15H,2,5-6,8H2,1H3. The third-order valence-corrected chi connectivity index (χ3v) is 6.32. The Kier molecular flexibility index (Phi) is 4.21. The smallest absolute Gasteiger partial charge is 0.211 e. The second-order valence-electron chi connectivity index (χ2n) is 5.06. The Morgan fingerprint density at radius 2 is 2.00 bits per heavy atom. The van der Waals surface area contributed by atoms with E-state index in [2.05, 4.69) is 43.5 Å². The fourth-order valence-electron chi connectivity index (χ4n) is 1.99. The van der Waals surface area contributed by atoms with E-state index in [1.54, 1.807) is 18.2 Å². The maximum Gasteiger partial charge on any atom is 0.241 e. The Morgan fingerprint density at radius 3 is 2.56 bits per heavy atom. The van der Waals surface area contributed by atoms with Crippen LogP contribution in [0.2, 0.25) is 0 Å². The summed E-state index contributed by atoms with van der Waals surface area (Å²) in [7, 11) is -3.45. The van der Waals surface area contributed by atoms with E-state index in [1.165, 1.54) is 6.42 Å². The minimum absolute atomic E-state index is 0.131. The van der Waals surface area contributed by atoms with Gasteiger partial charge in [-0.3, -0.25) is 0 Å². The van der Waals surface area contributed by atoms with Gasteiger partial charge < -0.3 is 0 Å². The minimum Gasteiger partial charge on any atom is -0.211 e. The van der Waals surface area contributed by atoms with Crippen LogP contribution in [0.4, 0.5) is 0 Å². The van der Waals surface area contributed by atoms with Crippen molar-refractivity contribution < 1.29 is 8.42 Å². The lowest BCUT2D eigenvalue weighted by atomic mass is 9.71. The van der Waals surface area contributed by atoms with Crippen LogP contribution in [0.15, 0.2) is 32.0 Å². The van der Waals surface area contributed by atoms with Crippen LogP contribution in [0, 0.1) is 5.41 Å². The molecule has 1 saturated carbocycles. The topological polar surface area (TPSA) is 46.2 Å². The van der Waals surface area contributed by atoms with E-state index in [-0.39, 0.29) is 10.3 Å². The molecule has 1 aliphatic rings. The zero-order chi connectivity index (χ0) is 13.4. The maximum absolute atomic E-state index is 12.2. The number of rotatable bonds is 4. The van der Waals surface area contributed by atoms with Crippen LogP contribution in [0.3, 0.4) is 0 Å². The predicted octanol–water partition coefficient (Wildman–Crippen LogP) is 3.68. The second-order valence-corrected chi connectivity index (χ2v) is 8.57. The second kappa shape index (κ2) is 5.23. The molecule has 0 heterocycles. The van der Waals surface area contributed by atoms with Crippen LogP contribution in [-0.4, -0.2) is 15.0 Å². The van der Waals surface area contributed by atoms with Gasteiger partial charge in [0.25, 0.3) is 0 Å². The third-order valence-electron chi connectivity index (χ3n) is 3.43. The van der Waals surface area contributed by atoms with Gasteiger partial charge in [-0.1, -0.05) is 29.3 Å². The maximum atomic E-state index is 12.2. The zero-order valence-electron chi connectivity index (χ0n) is 10.0. The molecule has 0 saturated heterocycles. The molecule has 0 atom stereocenters. The van der Waals surface area contributed by atoms with Gasteiger partial charge in [0.15, 0.2) is 0 Å². The first kappa shape index (κ1) is 14.5. The van der Waals surface area contributed by atoms with Crippen LogP contribution in [0.25, 0.3) is 0 Å². The van der Waals surface area contributed by atoms with Gasteiger partial charge in [-0.2, -0.15) is 0 Å². The van der Waals surface area contributed by atoms with Crippen molar-refractivity contribution in [1.82, 2.24) is 4.72 Å². The SMILES string of the molecule is CC1(CNS(=O)(=O)c2cc(Br)ccc2Br)CCC1. The lowest BCUT2D eigenvalue weighted by molar-refractivity contribution is 0.166. The van der Waals surface area contributed by atoms with Crippen LogP contribution in [0.5, 0.6) is 0 Å². The van der Waals surface area contributed by atoms with E-state index >= 15 is 0 Å². The number of halogens is 2. The molecular weight excluding hydrogens is 382 g/mol. The summed E-state index contributed by atoms with van der Waals surface area (Å²) >= 11 is 6.57. The van der Waals surface area contributed by atoms with Gasteiger partial charge in [0, 0.05) is 15.5 Å². The normalized spacial score (nSPS) is 18.4. The molecule has 0 radical (unpaired) electrons. The highest BCUT2D eigenvalue weighted by atomic mass is 79.9. The number of nitrogens with one attached hydrogen (secondary N) is 1. The fraction of sp³-hybridized carbons (Fsp3) is 0.500. The summed E-state index contributed by atoms with van der Waals surface area (Å²) < 4.78 is 28.5. The highest BCUT2D eigenvalue weighted by Gasteiger charge is 2.33. The molecule has 1 aromatic rings. The summed E-state index contributed by atoms with van der Waals surface area (Å²) in [5, 5.41) is 0. The molecule has 2 rings (SSSR count). The first-order valence-electron chi connectivity index (χ1n) is 5.77. The molecule has 0 aromatic heterocycles. The molecule has 0 unspecified atom stereocenters. The van der Waals surface area contributed by atoms with Gasteiger partial charge in [-0.15, -0.1) is 0 Å². The van der Waals surface area contributed by atoms with E-state index in [4.69, 9.17) is 0 Å². The van der Waals surface area contributed by atoms with E-state index < -0.39 is 10.0 Å². The van der Waals surface area contributed by atoms with Crippen LogP contribution in [-0.2, 0) is 10.0 Å². The van der Waals surface area contributed by atoms with Crippen molar-refractivity contribution in [2.24, 2.45) is 5.41 Å². The zero-order valence-corrected chi connectivity index (χ0v) is 14.0. The molecule has 1 fully saturated rings. The number of benzene rings is 1. The summed E-state index contributed by atoms with van der Waals surface area (Å²) in [5.74, 6) is 0. The van der Waals surface area contributed by atoms with Crippen LogP contribution in [0.1, 0.15) is 26.2 Å². The van der Waals surface area contributed by atoms with E-state index in [9.17, 15) is 8.42 Å². The van der Waals surface area contributed by atoms with Gasteiger partial charge in [-0.05, 0) is 52.4 Å². The molecule has 1 aliphatic carbocycles. The quantitative estimate of drug-likeness (QED) is 0.843. The van der Waals surface area contributed by atoms with Crippen molar-refractivity contribution >= 4 is 41.9 Å². The van der Waals surface area contributed by atoms with Crippen molar-refractivity contribution in [2.45, 2.75) is 31.1 Å². The Labute approximate surface area is 125 Å². The molecule has 0 bridgehead atoms. The first-order valence-corrected chi connectivity index (χ1v) is 8.84. The van der Waals surface area contributed by atoms with Crippen molar-refractivity contribution in [1.29, 1.82) is 0 Å². The van der Waals surface area contributed by atoms with Crippen molar-refractivity contribution in [3.8, 4) is 0 Å². The van der Waals surface area contributed by atoms with Gasteiger partial charge in [0.2, 0.25) is 10.0 Å². The Morgan fingerprint density at radius 1 is 1.33 bits per heavy atom. The van der Waals surface area contributed by atoms with E-state index in [1.807, 2.05) is 0 Å². The van der Waals surface area contributed by atoms with Crippen molar-refractivity contribution in [2.75, 3.05) is 6.54 Å². The van der Waals surface area contributed by atoms with Crippen molar-refractivity contribution in [3.63, 3.8) is 0 Å². The van der Waals surface area contributed by atoms with E-state index in [0.717, 1.165) is 17.3 Å². The van der Waals surface area contributed by atoms with Crippen LogP contribution >= 0.6 is 31.9 Å². The van der Waals surface area contributed by atoms with Crippen molar-refractivity contribution in [3.05, 3.63) is 27.1 Å². The Hall–Kier alpha value is 0.0900. The first-order chi connectivity index (χ1) is 8.32. The molecule has 0 spiro atoms. The lowest BCUT2D eigenvalue weighted by Crippen LogP contribution is -2.39. The highest BCUT2D eigenvalue weighted by molar-refractivity contribution is 9.11. The summed E-state index contributed by atoms with van der Waals surface area (Å²) in [6.45, 7) is 2.63. The molecule has 100 valence electrons. The molecule has 1 aromatic carbocycles. The Balaban J connectivity index is 2.17. The average molecular weight is 397 g/mol. The van der Waals surface area contributed by atoms with Gasteiger partial charge in [0.1, 0.15) is 0 Å². The number of hydrogen-bond acceptors (Lipinski definition) is 2. The summed E-state index contributed by atoms with van der Waals surface area (Å²) in [6, 6.07) is 5.13. The third kappa shape index (κ3) is 3.15. The summed E-state index contributed by atoms with van der Waals surface area (Å²) in [4.78, 5) is 0.278. The molecule has 3 nitrogen and oxygen atoms in total. The molecule has 6 heteroatoms. The van der Waals surface area contributed by atoms with Gasteiger partial charge in [0.05, 0.1) is 4.90 Å². The monoisotopic (exact) mass is 395 g/mol. The molecule has 18 heavy (non-hydrogen) atoms. The van der Waals surface area contributed by atoms with Gasteiger partial charge in [-0.25, -0.2) is 13.1 Å². The largest absolute Gasteiger partial charge is 0.241 e. The van der Waals surface area contributed by atoms with E-state index in [0.29, 0.717) is 11.0 Å². The van der Waals surface area contributed by atoms with Crippen LogP contribution < -0.4 is 4.72 Å². The summed E-state index contributed by atoms with van der Waals surface area (Å²) in [5.41, 5.74) is 0.131. The molecule has 0 amide bonds. The number of hydrogen-bond donors (Lipinski definition) is 1.